The normalized spacial score (nSPS) is 10.2. The minimum absolute atomic E-state index is 0.495. The van der Waals surface area contributed by atoms with Gasteiger partial charge in [0, 0.05) is 23.6 Å². The third-order valence-corrected chi connectivity index (χ3v) is 2.12. The van der Waals surface area contributed by atoms with E-state index in [0.717, 1.165) is 16.5 Å². The molecule has 3 N–H and O–H groups in total. The number of aromatic nitrogens is 1. The van der Waals surface area contributed by atoms with E-state index in [1.54, 1.807) is 6.07 Å². The van der Waals surface area contributed by atoms with Gasteiger partial charge in [-0.05, 0) is 23.8 Å². The number of nitrogens with one attached hydrogen (secondary N) is 1. The van der Waals surface area contributed by atoms with Gasteiger partial charge in [-0.25, -0.2) is 0 Å². The Morgan fingerprint density at radius 1 is 1.46 bits per heavy atom. The fourth-order valence-electron chi connectivity index (χ4n) is 1.42. The van der Waals surface area contributed by atoms with Crippen molar-refractivity contribution >= 4 is 10.9 Å². The molecule has 0 aliphatic carbocycles. The van der Waals surface area contributed by atoms with Crippen molar-refractivity contribution < 1.29 is 0 Å². The highest BCUT2D eigenvalue weighted by Gasteiger charge is 2.02. The largest absolute Gasteiger partial charge is 0.361 e. The second kappa shape index (κ2) is 2.92. The minimum Gasteiger partial charge on any atom is -0.361 e. The molecule has 0 unspecified atom stereocenters. The van der Waals surface area contributed by atoms with Crippen molar-refractivity contribution in [2.45, 2.75) is 6.54 Å². The highest BCUT2D eigenvalue weighted by molar-refractivity contribution is 5.84. The molecule has 3 nitrogen and oxygen atoms in total. The van der Waals surface area contributed by atoms with Gasteiger partial charge in [0.15, 0.2) is 0 Å². The highest BCUT2D eigenvalue weighted by Crippen LogP contribution is 2.18. The Hall–Kier alpha value is -1.79. The molecular formula is C10H9N3. The molecule has 1 aromatic heterocycles. The zero-order valence-electron chi connectivity index (χ0n) is 7.04. The number of aromatic amines is 1. The third-order valence-electron chi connectivity index (χ3n) is 2.12. The summed E-state index contributed by atoms with van der Waals surface area (Å²) in [4.78, 5) is 3.10. The Bertz CT molecular complexity index is 476. The van der Waals surface area contributed by atoms with Crippen molar-refractivity contribution in [3.63, 3.8) is 0 Å². The number of hydrogen-bond donors (Lipinski definition) is 2. The second-order valence-electron chi connectivity index (χ2n) is 2.89. The van der Waals surface area contributed by atoms with E-state index in [1.807, 2.05) is 18.3 Å². The molecule has 13 heavy (non-hydrogen) atoms. The molecule has 0 atom stereocenters. The summed E-state index contributed by atoms with van der Waals surface area (Å²) in [6.07, 6.45) is 1.88. The lowest BCUT2D eigenvalue weighted by Gasteiger charge is -1.93. The fourth-order valence-corrected chi connectivity index (χ4v) is 1.42. The van der Waals surface area contributed by atoms with Crippen LogP contribution in [0.2, 0.25) is 0 Å². The lowest BCUT2D eigenvalue weighted by molar-refractivity contribution is 1.08. The molecule has 1 aromatic carbocycles. The van der Waals surface area contributed by atoms with Gasteiger partial charge in [0.25, 0.3) is 0 Å². The van der Waals surface area contributed by atoms with Gasteiger partial charge in [-0.3, -0.25) is 0 Å². The van der Waals surface area contributed by atoms with E-state index in [0.29, 0.717) is 12.1 Å². The Labute approximate surface area is 75.8 Å². The van der Waals surface area contributed by atoms with Gasteiger partial charge in [-0.1, -0.05) is 0 Å². The molecule has 0 aliphatic heterocycles. The molecule has 0 spiro atoms. The average molecular weight is 171 g/mol. The van der Waals surface area contributed by atoms with Crippen LogP contribution < -0.4 is 5.73 Å². The summed E-state index contributed by atoms with van der Waals surface area (Å²) in [6.45, 7) is 0.495. The van der Waals surface area contributed by atoms with Gasteiger partial charge in [-0.2, -0.15) is 5.26 Å². The second-order valence-corrected chi connectivity index (χ2v) is 2.89. The fraction of sp³-hybridized carbons (Fsp3) is 0.100. The van der Waals surface area contributed by atoms with Crippen molar-refractivity contribution in [3.05, 3.63) is 35.5 Å². The first kappa shape index (κ1) is 7.84. The van der Waals surface area contributed by atoms with Crippen LogP contribution in [0.3, 0.4) is 0 Å². The monoisotopic (exact) mass is 171 g/mol. The summed E-state index contributed by atoms with van der Waals surface area (Å²) in [6, 6.07) is 7.65. The smallest absolute Gasteiger partial charge is 0.0991 e. The SMILES string of the molecule is N#Cc1ccc2[nH]cc(CN)c2c1. The first-order chi connectivity index (χ1) is 6.35. The summed E-state index contributed by atoms with van der Waals surface area (Å²) >= 11 is 0. The molecule has 0 radical (unpaired) electrons. The van der Waals surface area contributed by atoms with Gasteiger partial charge < -0.3 is 10.7 Å². The predicted molar refractivity (Wildman–Crippen MR) is 50.9 cm³/mol. The van der Waals surface area contributed by atoms with Crippen molar-refractivity contribution in [1.29, 1.82) is 5.26 Å². The summed E-state index contributed by atoms with van der Waals surface area (Å²) < 4.78 is 0. The number of H-pyrrole nitrogens is 1. The Morgan fingerprint density at radius 3 is 3.00 bits per heavy atom. The minimum atomic E-state index is 0.495. The van der Waals surface area contributed by atoms with Crippen LogP contribution in [0.25, 0.3) is 10.9 Å². The standard InChI is InChI=1S/C10H9N3/c11-4-7-1-2-10-9(3-7)8(5-12)6-13-10/h1-3,6,13H,5,12H2. The van der Waals surface area contributed by atoms with Crippen molar-refractivity contribution in [1.82, 2.24) is 4.98 Å². The quantitative estimate of drug-likeness (QED) is 0.682. The van der Waals surface area contributed by atoms with Crippen molar-refractivity contribution in [3.8, 4) is 6.07 Å². The van der Waals surface area contributed by atoms with Gasteiger partial charge in [0.2, 0.25) is 0 Å². The Kier molecular flexibility index (Phi) is 1.76. The maximum atomic E-state index is 8.71. The molecule has 1 heterocycles. The number of nitriles is 1. The molecule has 0 fully saturated rings. The van der Waals surface area contributed by atoms with E-state index in [2.05, 4.69) is 11.1 Å². The lowest BCUT2D eigenvalue weighted by Crippen LogP contribution is -1.94. The molecule has 0 amide bonds. The number of nitrogens with zero attached hydrogens (tertiary/aromatic N) is 1. The zero-order valence-corrected chi connectivity index (χ0v) is 7.04. The third kappa shape index (κ3) is 1.17. The molecule has 0 aliphatic rings. The van der Waals surface area contributed by atoms with E-state index in [9.17, 15) is 0 Å². The van der Waals surface area contributed by atoms with Gasteiger partial charge in [-0.15, -0.1) is 0 Å². The molecule has 64 valence electrons. The van der Waals surface area contributed by atoms with E-state index < -0.39 is 0 Å². The number of rotatable bonds is 1. The highest BCUT2D eigenvalue weighted by atomic mass is 14.7. The van der Waals surface area contributed by atoms with Crippen LogP contribution in [0.5, 0.6) is 0 Å². The molecule has 2 rings (SSSR count). The summed E-state index contributed by atoms with van der Waals surface area (Å²) in [5, 5.41) is 9.75. The van der Waals surface area contributed by atoms with Crippen LogP contribution >= 0.6 is 0 Å². The van der Waals surface area contributed by atoms with E-state index in [1.165, 1.54) is 0 Å². The van der Waals surface area contributed by atoms with Crippen LogP contribution in [0, 0.1) is 11.3 Å². The van der Waals surface area contributed by atoms with E-state index in [-0.39, 0.29) is 0 Å². The molecule has 0 saturated heterocycles. The molecule has 0 saturated carbocycles. The first-order valence-corrected chi connectivity index (χ1v) is 4.05. The maximum absolute atomic E-state index is 8.71. The zero-order chi connectivity index (χ0) is 9.26. The van der Waals surface area contributed by atoms with Crippen LogP contribution in [-0.2, 0) is 6.54 Å². The van der Waals surface area contributed by atoms with Crippen LogP contribution in [0.4, 0.5) is 0 Å². The van der Waals surface area contributed by atoms with Gasteiger partial charge in [0.1, 0.15) is 0 Å². The number of fused-ring (bicyclic) bond motifs is 1. The predicted octanol–water partition coefficient (Wildman–Crippen LogP) is 1.50. The van der Waals surface area contributed by atoms with E-state index in [4.69, 9.17) is 11.0 Å². The van der Waals surface area contributed by atoms with E-state index >= 15 is 0 Å². The first-order valence-electron chi connectivity index (χ1n) is 4.05. The van der Waals surface area contributed by atoms with Crippen LogP contribution in [-0.4, -0.2) is 4.98 Å². The van der Waals surface area contributed by atoms with Crippen molar-refractivity contribution in [2.24, 2.45) is 5.73 Å². The topological polar surface area (TPSA) is 65.6 Å². The van der Waals surface area contributed by atoms with Gasteiger partial charge in [0.05, 0.1) is 11.6 Å². The number of hydrogen-bond acceptors (Lipinski definition) is 2. The lowest BCUT2D eigenvalue weighted by atomic mass is 10.1. The van der Waals surface area contributed by atoms with Crippen molar-refractivity contribution in [2.75, 3.05) is 0 Å². The summed E-state index contributed by atoms with van der Waals surface area (Å²) in [5.41, 5.74) is 8.29. The van der Waals surface area contributed by atoms with Crippen LogP contribution in [0.15, 0.2) is 24.4 Å². The van der Waals surface area contributed by atoms with Gasteiger partial charge >= 0.3 is 0 Å². The summed E-state index contributed by atoms with van der Waals surface area (Å²) in [5.74, 6) is 0. The molecular weight excluding hydrogens is 162 g/mol. The summed E-state index contributed by atoms with van der Waals surface area (Å²) in [7, 11) is 0. The average Bonchev–Trinajstić information content (AvgIpc) is 2.59. The Morgan fingerprint density at radius 2 is 2.31 bits per heavy atom. The molecule has 0 bridgehead atoms. The number of nitrogens with two attached hydrogens (primary N) is 1. The maximum Gasteiger partial charge on any atom is 0.0991 e. The Balaban J connectivity index is 2.73. The van der Waals surface area contributed by atoms with Crippen LogP contribution in [0.1, 0.15) is 11.1 Å². The molecule has 2 aromatic rings. The molecule has 3 heteroatoms. The number of benzene rings is 1.